The molecule has 2 atom stereocenters. The highest BCUT2D eigenvalue weighted by Gasteiger charge is 2.35. The van der Waals surface area contributed by atoms with E-state index in [1.165, 1.54) is 13.2 Å². The van der Waals surface area contributed by atoms with E-state index >= 15 is 0 Å². The SMILES string of the molecule is CO[C@H]1CC[C@@H](NS(=O)(=O)c2ccc(C(F)(F)F)c(C#N)c2)C1. The topological polar surface area (TPSA) is 79.2 Å². The van der Waals surface area contributed by atoms with Crippen molar-refractivity contribution in [3.05, 3.63) is 29.3 Å². The number of nitrogens with one attached hydrogen (secondary N) is 1. The molecule has 23 heavy (non-hydrogen) atoms. The van der Waals surface area contributed by atoms with Gasteiger partial charge in [0.15, 0.2) is 0 Å². The molecule has 9 heteroatoms. The van der Waals surface area contributed by atoms with Crippen LogP contribution in [0.25, 0.3) is 0 Å². The third kappa shape index (κ3) is 4.02. The molecule has 1 aromatic carbocycles. The van der Waals surface area contributed by atoms with Crippen LogP contribution in [-0.4, -0.2) is 27.7 Å². The van der Waals surface area contributed by atoms with Gasteiger partial charge in [0.25, 0.3) is 0 Å². The Morgan fingerprint density at radius 2 is 2.04 bits per heavy atom. The van der Waals surface area contributed by atoms with Crippen molar-refractivity contribution in [1.29, 1.82) is 5.26 Å². The van der Waals surface area contributed by atoms with Gasteiger partial charge in [-0.05, 0) is 37.5 Å². The molecule has 0 unspecified atom stereocenters. The summed E-state index contributed by atoms with van der Waals surface area (Å²) in [5.74, 6) is 0. The molecule has 0 saturated heterocycles. The number of halogens is 3. The first-order valence-electron chi connectivity index (χ1n) is 6.84. The molecule has 0 aromatic heterocycles. The number of alkyl halides is 3. The number of nitrogens with zero attached hydrogens (tertiary/aromatic N) is 1. The Kier molecular flexibility index (Phi) is 4.98. The molecule has 1 N–H and O–H groups in total. The summed E-state index contributed by atoms with van der Waals surface area (Å²) in [7, 11) is -2.46. The summed E-state index contributed by atoms with van der Waals surface area (Å²) >= 11 is 0. The van der Waals surface area contributed by atoms with Crippen molar-refractivity contribution in [2.45, 2.75) is 42.5 Å². The van der Waals surface area contributed by atoms with Crippen molar-refractivity contribution < 1.29 is 26.3 Å². The number of ether oxygens (including phenoxy) is 1. The van der Waals surface area contributed by atoms with Crippen LogP contribution < -0.4 is 4.72 Å². The summed E-state index contributed by atoms with van der Waals surface area (Å²) in [5.41, 5.74) is -1.87. The Labute approximate surface area is 132 Å². The number of methoxy groups -OCH3 is 1. The fraction of sp³-hybridized carbons (Fsp3) is 0.500. The predicted molar refractivity (Wildman–Crippen MR) is 74.9 cm³/mol. The van der Waals surface area contributed by atoms with Crippen LogP contribution in [0.4, 0.5) is 13.2 Å². The average molecular weight is 348 g/mol. The van der Waals surface area contributed by atoms with Crippen LogP contribution in [0.1, 0.15) is 30.4 Å². The quantitative estimate of drug-likeness (QED) is 0.906. The van der Waals surface area contributed by atoms with Crippen LogP contribution in [0, 0.1) is 11.3 Å². The molecule has 1 fully saturated rings. The van der Waals surface area contributed by atoms with Crippen LogP contribution >= 0.6 is 0 Å². The second kappa shape index (κ2) is 6.47. The van der Waals surface area contributed by atoms with Crippen LogP contribution in [0.2, 0.25) is 0 Å². The number of hydrogen-bond acceptors (Lipinski definition) is 4. The van der Waals surface area contributed by atoms with Gasteiger partial charge in [0.2, 0.25) is 10.0 Å². The zero-order chi connectivity index (χ0) is 17.3. The van der Waals surface area contributed by atoms with E-state index in [2.05, 4.69) is 4.72 Å². The summed E-state index contributed by atoms with van der Waals surface area (Å²) in [6.45, 7) is 0. The van der Waals surface area contributed by atoms with E-state index in [-0.39, 0.29) is 17.0 Å². The molecule has 0 radical (unpaired) electrons. The molecule has 2 rings (SSSR count). The van der Waals surface area contributed by atoms with Crippen molar-refractivity contribution in [2.24, 2.45) is 0 Å². The Bertz CT molecular complexity index is 726. The molecule has 5 nitrogen and oxygen atoms in total. The lowest BCUT2D eigenvalue weighted by Crippen LogP contribution is -2.33. The molecule has 1 aliphatic carbocycles. The highest BCUT2D eigenvalue weighted by atomic mass is 32.2. The van der Waals surface area contributed by atoms with E-state index in [0.29, 0.717) is 25.3 Å². The van der Waals surface area contributed by atoms with E-state index in [9.17, 15) is 21.6 Å². The lowest BCUT2D eigenvalue weighted by molar-refractivity contribution is -0.137. The van der Waals surface area contributed by atoms with E-state index in [1.54, 1.807) is 0 Å². The van der Waals surface area contributed by atoms with Crippen molar-refractivity contribution in [1.82, 2.24) is 4.72 Å². The summed E-state index contributed by atoms with van der Waals surface area (Å²) < 4.78 is 70.4. The van der Waals surface area contributed by atoms with Gasteiger partial charge in [-0.15, -0.1) is 0 Å². The summed E-state index contributed by atoms with van der Waals surface area (Å²) in [5, 5.41) is 8.84. The lowest BCUT2D eigenvalue weighted by atomic mass is 10.1. The van der Waals surface area contributed by atoms with Gasteiger partial charge in [-0.2, -0.15) is 18.4 Å². The maximum Gasteiger partial charge on any atom is 0.417 e. The maximum absolute atomic E-state index is 12.7. The van der Waals surface area contributed by atoms with Crippen molar-refractivity contribution in [3.63, 3.8) is 0 Å². The standard InChI is InChI=1S/C14H15F3N2O3S/c1-22-11-3-2-10(7-11)19-23(20,21)12-4-5-13(14(15,16)17)9(6-12)8-18/h4-6,10-11,19H,2-3,7H2,1H3/t10-,11+/m1/s1. The van der Waals surface area contributed by atoms with Crippen molar-refractivity contribution in [2.75, 3.05) is 7.11 Å². The zero-order valence-corrected chi connectivity index (χ0v) is 13.0. The van der Waals surface area contributed by atoms with Gasteiger partial charge < -0.3 is 4.74 Å². The molecule has 0 amide bonds. The molecule has 1 aromatic rings. The Balaban J connectivity index is 2.26. The van der Waals surface area contributed by atoms with Crippen molar-refractivity contribution in [3.8, 4) is 6.07 Å². The minimum atomic E-state index is -4.71. The third-order valence-corrected chi connectivity index (χ3v) is 5.29. The molecule has 126 valence electrons. The number of nitriles is 1. The minimum Gasteiger partial charge on any atom is -0.381 e. The van der Waals surface area contributed by atoms with E-state index in [0.717, 1.165) is 12.1 Å². The first-order valence-corrected chi connectivity index (χ1v) is 8.32. The smallest absolute Gasteiger partial charge is 0.381 e. The van der Waals surface area contributed by atoms with Crippen LogP contribution in [0.3, 0.4) is 0 Å². The third-order valence-electron chi connectivity index (χ3n) is 3.77. The van der Waals surface area contributed by atoms with Crippen LogP contribution in [-0.2, 0) is 20.9 Å². The fourth-order valence-electron chi connectivity index (χ4n) is 2.58. The van der Waals surface area contributed by atoms with Gasteiger partial charge >= 0.3 is 6.18 Å². The Morgan fingerprint density at radius 1 is 1.35 bits per heavy atom. The van der Waals surface area contributed by atoms with Crippen LogP contribution in [0.15, 0.2) is 23.1 Å². The van der Waals surface area contributed by atoms with Gasteiger partial charge in [0.1, 0.15) is 0 Å². The zero-order valence-electron chi connectivity index (χ0n) is 12.2. The highest BCUT2D eigenvalue weighted by Crippen LogP contribution is 2.33. The summed E-state index contributed by atoms with van der Waals surface area (Å²) in [4.78, 5) is -0.358. The van der Waals surface area contributed by atoms with E-state index in [1.807, 2.05) is 0 Å². The number of sulfonamides is 1. The van der Waals surface area contributed by atoms with Gasteiger partial charge in [-0.3, -0.25) is 0 Å². The first kappa shape index (κ1) is 17.7. The number of benzene rings is 1. The van der Waals surface area contributed by atoms with E-state index in [4.69, 9.17) is 10.00 Å². The van der Waals surface area contributed by atoms with Crippen molar-refractivity contribution >= 4 is 10.0 Å². The molecule has 0 aliphatic heterocycles. The molecule has 1 aliphatic rings. The predicted octanol–water partition coefficient (Wildman–Crippen LogP) is 2.42. The lowest BCUT2D eigenvalue weighted by Gasteiger charge is -2.15. The van der Waals surface area contributed by atoms with Gasteiger partial charge in [-0.25, -0.2) is 13.1 Å². The minimum absolute atomic E-state index is 0.0371. The average Bonchev–Trinajstić information content (AvgIpc) is 2.92. The summed E-state index contributed by atoms with van der Waals surface area (Å²) in [6.07, 6.45) is -2.95. The molecule has 0 spiro atoms. The van der Waals surface area contributed by atoms with Gasteiger partial charge in [-0.1, -0.05) is 0 Å². The molecular formula is C14H15F3N2O3S. The Hall–Kier alpha value is -1.63. The number of rotatable bonds is 4. The number of hydrogen-bond donors (Lipinski definition) is 1. The fourth-order valence-corrected chi connectivity index (χ4v) is 3.89. The molecule has 0 bridgehead atoms. The van der Waals surface area contributed by atoms with Gasteiger partial charge in [0, 0.05) is 13.2 Å². The molecular weight excluding hydrogens is 333 g/mol. The molecule has 1 saturated carbocycles. The Morgan fingerprint density at radius 3 is 2.57 bits per heavy atom. The monoisotopic (exact) mass is 348 g/mol. The van der Waals surface area contributed by atoms with Crippen LogP contribution in [0.5, 0.6) is 0 Å². The second-order valence-corrected chi connectivity index (χ2v) is 7.02. The maximum atomic E-state index is 12.7. The normalized spacial score (nSPS) is 22.0. The largest absolute Gasteiger partial charge is 0.417 e. The highest BCUT2D eigenvalue weighted by molar-refractivity contribution is 7.89. The summed E-state index contributed by atoms with van der Waals surface area (Å²) in [6, 6.07) is 3.27. The van der Waals surface area contributed by atoms with Gasteiger partial charge in [0.05, 0.1) is 28.2 Å². The van der Waals surface area contributed by atoms with E-state index < -0.39 is 27.3 Å². The molecule has 0 heterocycles. The second-order valence-electron chi connectivity index (χ2n) is 5.31. The first-order chi connectivity index (χ1) is 10.7.